The fourth-order valence-electron chi connectivity index (χ4n) is 3.09. The molecule has 1 fully saturated rings. The first-order valence-corrected chi connectivity index (χ1v) is 8.71. The van der Waals surface area contributed by atoms with Crippen molar-refractivity contribution in [3.63, 3.8) is 0 Å². The highest BCUT2D eigenvalue weighted by atomic mass is 19.1. The molecule has 0 radical (unpaired) electrons. The summed E-state index contributed by atoms with van der Waals surface area (Å²) >= 11 is 0. The second-order valence-electron chi connectivity index (χ2n) is 7.36. The third kappa shape index (κ3) is 4.26. The highest BCUT2D eigenvalue weighted by molar-refractivity contribution is 5.95. The van der Waals surface area contributed by atoms with Gasteiger partial charge in [0.15, 0.2) is 0 Å². The Hall–Kier alpha value is -2.20. The molecule has 1 saturated heterocycles. The summed E-state index contributed by atoms with van der Waals surface area (Å²) in [5.74, 6) is -0.253. The van der Waals surface area contributed by atoms with Gasteiger partial charge in [-0.1, -0.05) is 24.3 Å². The van der Waals surface area contributed by atoms with E-state index in [-0.39, 0.29) is 17.8 Å². The van der Waals surface area contributed by atoms with Crippen molar-refractivity contribution in [2.75, 3.05) is 6.54 Å². The molecule has 1 heterocycles. The maximum Gasteiger partial charge on any atom is 0.254 e. The van der Waals surface area contributed by atoms with E-state index >= 15 is 0 Å². The molecule has 0 saturated carbocycles. The summed E-state index contributed by atoms with van der Waals surface area (Å²) in [6.07, 6.45) is 2.36. The van der Waals surface area contributed by atoms with Crippen molar-refractivity contribution in [1.82, 2.24) is 4.90 Å². The molecular weight excluding hydrogens is 317 g/mol. The average molecular weight is 341 g/mol. The van der Waals surface area contributed by atoms with Crippen LogP contribution in [-0.4, -0.2) is 28.1 Å². The molecule has 1 N–H and O–H groups in total. The lowest BCUT2D eigenvalue weighted by Gasteiger charge is -2.41. The molecular formula is C21H24FNO2. The molecule has 25 heavy (non-hydrogen) atoms. The molecule has 0 aliphatic carbocycles. The number of aliphatic hydroxyl groups is 1. The summed E-state index contributed by atoms with van der Waals surface area (Å²) in [6.45, 7) is 4.32. The van der Waals surface area contributed by atoms with E-state index in [0.29, 0.717) is 12.0 Å². The Labute approximate surface area is 148 Å². The Bertz CT molecular complexity index is 732. The number of carbonyl (C=O) groups is 1. The number of amides is 1. The van der Waals surface area contributed by atoms with Crippen LogP contribution >= 0.6 is 0 Å². The lowest BCUT2D eigenvalue weighted by Crippen LogP contribution is -2.45. The van der Waals surface area contributed by atoms with Crippen LogP contribution in [0.5, 0.6) is 0 Å². The van der Waals surface area contributed by atoms with Crippen LogP contribution in [0.1, 0.15) is 54.2 Å². The van der Waals surface area contributed by atoms with Gasteiger partial charge in [0.1, 0.15) is 5.82 Å². The van der Waals surface area contributed by atoms with Crippen molar-refractivity contribution < 1.29 is 14.3 Å². The van der Waals surface area contributed by atoms with Crippen LogP contribution in [0.4, 0.5) is 4.39 Å². The number of hydrogen-bond acceptors (Lipinski definition) is 2. The van der Waals surface area contributed by atoms with Gasteiger partial charge >= 0.3 is 0 Å². The predicted molar refractivity (Wildman–Crippen MR) is 95.9 cm³/mol. The molecule has 1 amide bonds. The molecule has 4 heteroatoms. The summed E-state index contributed by atoms with van der Waals surface area (Å²) < 4.78 is 13.1. The van der Waals surface area contributed by atoms with Gasteiger partial charge in [-0.05, 0) is 68.5 Å². The van der Waals surface area contributed by atoms with Crippen molar-refractivity contribution in [2.45, 2.75) is 44.8 Å². The first-order chi connectivity index (χ1) is 11.8. The van der Waals surface area contributed by atoms with Crippen molar-refractivity contribution in [2.24, 2.45) is 0 Å². The van der Waals surface area contributed by atoms with Gasteiger partial charge < -0.3 is 10.0 Å². The van der Waals surface area contributed by atoms with E-state index in [0.717, 1.165) is 30.5 Å². The molecule has 2 aromatic rings. The second kappa shape index (κ2) is 6.96. The minimum atomic E-state index is -0.686. The summed E-state index contributed by atoms with van der Waals surface area (Å²) in [4.78, 5) is 14.6. The standard InChI is InChI=1S/C21H24FNO2/c1-21(2,25)13-11-15-3-5-17(6-4-15)20(24)23-14-12-19(23)16-7-9-18(22)10-8-16/h3-10,19,25H,11-14H2,1-2H3/t19-/m0/s1. The molecule has 0 unspecified atom stereocenters. The van der Waals surface area contributed by atoms with Gasteiger partial charge in [-0.2, -0.15) is 0 Å². The van der Waals surface area contributed by atoms with E-state index in [1.807, 2.05) is 29.2 Å². The molecule has 0 bridgehead atoms. The van der Waals surface area contributed by atoms with Crippen molar-refractivity contribution in [3.05, 3.63) is 71.0 Å². The zero-order valence-corrected chi connectivity index (χ0v) is 14.7. The normalized spacial score (nSPS) is 17.3. The molecule has 0 aromatic heterocycles. The minimum absolute atomic E-state index is 0.00890. The van der Waals surface area contributed by atoms with Gasteiger partial charge in [-0.15, -0.1) is 0 Å². The summed E-state index contributed by atoms with van der Waals surface area (Å²) in [7, 11) is 0. The third-order valence-corrected chi connectivity index (χ3v) is 4.76. The van der Waals surface area contributed by atoms with Crippen LogP contribution in [0.15, 0.2) is 48.5 Å². The number of aryl methyl sites for hydroxylation is 1. The lowest BCUT2D eigenvalue weighted by atomic mass is 9.93. The molecule has 3 nitrogen and oxygen atoms in total. The highest BCUT2D eigenvalue weighted by Gasteiger charge is 2.33. The number of rotatable bonds is 5. The van der Waals surface area contributed by atoms with Crippen molar-refractivity contribution in [1.29, 1.82) is 0 Å². The molecule has 1 atom stereocenters. The minimum Gasteiger partial charge on any atom is -0.390 e. The van der Waals surface area contributed by atoms with Gasteiger partial charge in [0.05, 0.1) is 11.6 Å². The zero-order valence-electron chi connectivity index (χ0n) is 14.7. The van der Waals surface area contributed by atoms with E-state index in [4.69, 9.17) is 0 Å². The summed E-state index contributed by atoms with van der Waals surface area (Å²) in [5.41, 5.74) is 2.06. The van der Waals surface area contributed by atoms with E-state index in [1.165, 1.54) is 12.1 Å². The Kier molecular flexibility index (Phi) is 4.91. The molecule has 2 aromatic carbocycles. The lowest BCUT2D eigenvalue weighted by molar-refractivity contribution is 0.0460. The third-order valence-electron chi connectivity index (χ3n) is 4.76. The van der Waals surface area contributed by atoms with E-state index < -0.39 is 5.60 Å². The van der Waals surface area contributed by atoms with Crippen molar-refractivity contribution in [3.8, 4) is 0 Å². The Morgan fingerprint density at radius 1 is 1.16 bits per heavy atom. The summed E-state index contributed by atoms with van der Waals surface area (Å²) in [5, 5.41) is 9.80. The smallest absolute Gasteiger partial charge is 0.254 e. The van der Waals surface area contributed by atoms with Gasteiger partial charge in [0.2, 0.25) is 0 Å². The second-order valence-corrected chi connectivity index (χ2v) is 7.36. The van der Waals surface area contributed by atoms with Crippen LogP contribution in [0, 0.1) is 5.82 Å². The number of halogens is 1. The number of nitrogens with zero attached hydrogens (tertiary/aromatic N) is 1. The predicted octanol–water partition coefficient (Wildman–Crippen LogP) is 4.12. The van der Waals surface area contributed by atoms with E-state index in [1.54, 1.807) is 26.0 Å². The first-order valence-electron chi connectivity index (χ1n) is 8.71. The van der Waals surface area contributed by atoms with Crippen LogP contribution in [0.3, 0.4) is 0 Å². The maximum atomic E-state index is 13.1. The Morgan fingerprint density at radius 2 is 1.80 bits per heavy atom. The number of benzene rings is 2. The zero-order chi connectivity index (χ0) is 18.0. The highest BCUT2D eigenvalue weighted by Crippen LogP contribution is 2.34. The molecule has 132 valence electrons. The van der Waals surface area contributed by atoms with Gasteiger partial charge in [0, 0.05) is 12.1 Å². The topological polar surface area (TPSA) is 40.5 Å². The Morgan fingerprint density at radius 3 is 2.32 bits per heavy atom. The van der Waals surface area contributed by atoms with E-state index in [2.05, 4.69) is 0 Å². The monoisotopic (exact) mass is 341 g/mol. The van der Waals surface area contributed by atoms with Crippen LogP contribution < -0.4 is 0 Å². The fourth-order valence-corrected chi connectivity index (χ4v) is 3.09. The molecule has 3 rings (SSSR count). The number of hydrogen-bond donors (Lipinski definition) is 1. The average Bonchev–Trinajstić information content (AvgIpc) is 2.54. The SMILES string of the molecule is CC(C)(O)CCc1ccc(C(=O)N2CC[C@H]2c2ccc(F)cc2)cc1. The van der Waals surface area contributed by atoms with Crippen LogP contribution in [0.2, 0.25) is 0 Å². The van der Waals surface area contributed by atoms with Crippen LogP contribution in [-0.2, 0) is 6.42 Å². The van der Waals surface area contributed by atoms with Gasteiger partial charge in [0.25, 0.3) is 5.91 Å². The van der Waals surface area contributed by atoms with Gasteiger partial charge in [-0.25, -0.2) is 4.39 Å². The fraction of sp³-hybridized carbons (Fsp3) is 0.381. The molecule has 1 aliphatic heterocycles. The Balaban J connectivity index is 1.65. The van der Waals surface area contributed by atoms with Crippen LogP contribution in [0.25, 0.3) is 0 Å². The quantitative estimate of drug-likeness (QED) is 0.889. The largest absolute Gasteiger partial charge is 0.390 e. The number of likely N-dealkylation sites (tertiary alicyclic amines) is 1. The number of carbonyl (C=O) groups excluding carboxylic acids is 1. The molecule has 1 aliphatic rings. The maximum absolute atomic E-state index is 13.1. The van der Waals surface area contributed by atoms with Gasteiger partial charge in [-0.3, -0.25) is 4.79 Å². The molecule has 0 spiro atoms. The van der Waals surface area contributed by atoms with E-state index in [9.17, 15) is 14.3 Å². The van der Waals surface area contributed by atoms with Crippen molar-refractivity contribution >= 4 is 5.91 Å². The summed E-state index contributed by atoms with van der Waals surface area (Å²) in [6, 6.07) is 14.0. The first kappa shape index (κ1) is 17.6.